The maximum Gasteiger partial charge on any atom is 0.228 e. The molecule has 0 atom stereocenters. The maximum absolute atomic E-state index is 13.5. The molecule has 0 aliphatic carbocycles. The Morgan fingerprint density at radius 3 is 2.45 bits per heavy atom. The lowest BCUT2D eigenvalue weighted by atomic mass is 10.1. The minimum atomic E-state index is -0.583. The Bertz CT molecular complexity index is 661. The molecule has 0 aromatic heterocycles. The molecule has 0 saturated heterocycles. The van der Waals surface area contributed by atoms with Gasteiger partial charge in [-0.15, -0.1) is 0 Å². The third-order valence-corrected chi connectivity index (χ3v) is 3.53. The Balaban J connectivity index is 2.07. The van der Waals surface area contributed by atoms with E-state index in [0.717, 1.165) is 6.07 Å². The number of rotatable bonds is 3. The highest BCUT2D eigenvalue weighted by Crippen LogP contribution is 2.23. The SMILES string of the molecule is O=C(Cc1ccc(Cl)c(Cl)c1)Nc1ccc(Cl)cc1F. The summed E-state index contributed by atoms with van der Waals surface area (Å²) in [5, 5.41) is 3.53. The van der Waals surface area contributed by atoms with Crippen molar-refractivity contribution < 1.29 is 9.18 Å². The van der Waals surface area contributed by atoms with Crippen LogP contribution in [-0.2, 0) is 11.2 Å². The Morgan fingerprint density at radius 2 is 1.80 bits per heavy atom. The van der Waals surface area contributed by atoms with Gasteiger partial charge < -0.3 is 5.32 Å². The van der Waals surface area contributed by atoms with Crippen molar-refractivity contribution in [3.05, 3.63) is 62.8 Å². The molecule has 1 N–H and O–H groups in total. The second kappa shape index (κ2) is 6.44. The molecule has 0 radical (unpaired) electrons. The van der Waals surface area contributed by atoms with Crippen LogP contribution < -0.4 is 5.32 Å². The summed E-state index contributed by atoms with van der Waals surface area (Å²) in [4.78, 5) is 11.8. The Morgan fingerprint density at radius 1 is 1.05 bits per heavy atom. The van der Waals surface area contributed by atoms with E-state index in [1.807, 2.05) is 0 Å². The average molecular weight is 333 g/mol. The van der Waals surface area contributed by atoms with Crippen LogP contribution in [0.25, 0.3) is 0 Å². The molecule has 1 amide bonds. The fourth-order valence-electron chi connectivity index (χ4n) is 1.62. The molecule has 2 aromatic carbocycles. The zero-order valence-corrected chi connectivity index (χ0v) is 12.4. The predicted octanol–water partition coefficient (Wildman–Crippen LogP) is 4.97. The Kier molecular flexibility index (Phi) is 4.86. The van der Waals surface area contributed by atoms with Gasteiger partial charge in [-0.1, -0.05) is 40.9 Å². The van der Waals surface area contributed by atoms with Gasteiger partial charge in [-0.05, 0) is 35.9 Å². The minimum absolute atomic E-state index is 0.0684. The van der Waals surface area contributed by atoms with Crippen LogP contribution in [0.1, 0.15) is 5.56 Å². The monoisotopic (exact) mass is 331 g/mol. The number of hydrogen-bond acceptors (Lipinski definition) is 1. The summed E-state index contributed by atoms with van der Waals surface area (Å²) in [5.41, 5.74) is 0.769. The summed E-state index contributed by atoms with van der Waals surface area (Å²) in [6, 6.07) is 8.93. The van der Waals surface area contributed by atoms with E-state index in [2.05, 4.69) is 5.32 Å². The molecule has 0 heterocycles. The summed E-state index contributed by atoms with van der Waals surface area (Å²) in [6.07, 6.45) is 0.0684. The number of benzene rings is 2. The van der Waals surface area contributed by atoms with Crippen molar-refractivity contribution in [3.8, 4) is 0 Å². The van der Waals surface area contributed by atoms with Gasteiger partial charge in [0.2, 0.25) is 5.91 Å². The molecule has 0 unspecified atom stereocenters. The molecule has 0 spiro atoms. The Labute approximate surface area is 130 Å². The number of carbonyl (C=O) groups excluding carboxylic acids is 1. The van der Waals surface area contributed by atoms with Gasteiger partial charge in [-0.3, -0.25) is 4.79 Å². The summed E-state index contributed by atoms with van der Waals surface area (Å²) >= 11 is 17.3. The van der Waals surface area contributed by atoms with Gasteiger partial charge in [0.25, 0.3) is 0 Å². The summed E-state index contributed by atoms with van der Waals surface area (Å²) in [5.74, 6) is -0.940. The zero-order valence-electron chi connectivity index (χ0n) is 10.1. The van der Waals surface area contributed by atoms with Crippen molar-refractivity contribution in [1.82, 2.24) is 0 Å². The largest absolute Gasteiger partial charge is 0.323 e. The van der Waals surface area contributed by atoms with Crippen molar-refractivity contribution >= 4 is 46.4 Å². The first kappa shape index (κ1) is 15.1. The number of anilines is 1. The fourth-order valence-corrected chi connectivity index (χ4v) is 2.10. The predicted molar refractivity (Wildman–Crippen MR) is 80.2 cm³/mol. The number of hydrogen-bond donors (Lipinski definition) is 1. The quantitative estimate of drug-likeness (QED) is 0.845. The van der Waals surface area contributed by atoms with Crippen LogP contribution in [-0.4, -0.2) is 5.91 Å². The highest BCUT2D eigenvalue weighted by atomic mass is 35.5. The number of amides is 1. The topological polar surface area (TPSA) is 29.1 Å². The van der Waals surface area contributed by atoms with E-state index in [0.29, 0.717) is 15.6 Å². The first-order chi connectivity index (χ1) is 9.45. The molecular formula is C14H9Cl3FNO. The van der Waals surface area contributed by atoms with Crippen LogP contribution in [0.5, 0.6) is 0 Å². The molecule has 0 bridgehead atoms. The first-order valence-corrected chi connectivity index (χ1v) is 6.78. The van der Waals surface area contributed by atoms with Crippen LogP contribution >= 0.6 is 34.8 Å². The van der Waals surface area contributed by atoms with Gasteiger partial charge in [-0.2, -0.15) is 0 Å². The zero-order chi connectivity index (χ0) is 14.7. The lowest BCUT2D eigenvalue weighted by Gasteiger charge is -2.07. The molecule has 2 rings (SSSR count). The first-order valence-electron chi connectivity index (χ1n) is 5.64. The third kappa shape index (κ3) is 3.85. The highest BCUT2D eigenvalue weighted by Gasteiger charge is 2.09. The second-order valence-corrected chi connectivity index (χ2v) is 5.35. The van der Waals surface area contributed by atoms with Gasteiger partial charge in [0.15, 0.2) is 0 Å². The standard InChI is InChI=1S/C14H9Cl3FNO/c15-9-2-4-13(12(18)7-9)19-14(20)6-8-1-3-10(16)11(17)5-8/h1-5,7H,6H2,(H,19,20). The molecule has 20 heavy (non-hydrogen) atoms. The third-order valence-electron chi connectivity index (χ3n) is 2.55. The smallest absolute Gasteiger partial charge is 0.228 e. The molecule has 6 heteroatoms. The van der Waals surface area contributed by atoms with Crippen molar-refractivity contribution in [1.29, 1.82) is 0 Å². The van der Waals surface area contributed by atoms with E-state index < -0.39 is 5.82 Å². The van der Waals surface area contributed by atoms with Gasteiger partial charge in [0.05, 0.1) is 22.2 Å². The van der Waals surface area contributed by atoms with Gasteiger partial charge in [0.1, 0.15) is 5.82 Å². The van der Waals surface area contributed by atoms with E-state index in [1.165, 1.54) is 12.1 Å². The fraction of sp³-hybridized carbons (Fsp3) is 0.0714. The number of nitrogens with one attached hydrogen (secondary N) is 1. The number of halogens is 4. The minimum Gasteiger partial charge on any atom is -0.323 e. The van der Waals surface area contributed by atoms with Gasteiger partial charge in [0, 0.05) is 5.02 Å². The normalized spacial score (nSPS) is 10.4. The Hall–Kier alpha value is -1.29. The van der Waals surface area contributed by atoms with Crippen LogP contribution in [0, 0.1) is 5.82 Å². The average Bonchev–Trinajstić information content (AvgIpc) is 2.37. The van der Waals surface area contributed by atoms with E-state index >= 15 is 0 Å². The maximum atomic E-state index is 13.5. The van der Waals surface area contributed by atoms with Crippen molar-refractivity contribution in [2.24, 2.45) is 0 Å². The molecular weight excluding hydrogens is 324 g/mol. The molecule has 0 saturated carbocycles. The van der Waals surface area contributed by atoms with E-state index in [4.69, 9.17) is 34.8 Å². The van der Waals surface area contributed by atoms with Crippen molar-refractivity contribution in [2.75, 3.05) is 5.32 Å². The lowest BCUT2D eigenvalue weighted by Crippen LogP contribution is -2.15. The summed E-state index contributed by atoms with van der Waals surface area (Å²) in [7, 11) is 0. The lowest BCUT2D eigenvalue weighted by molar-refractivity contribution is -0.115. The van der Waals surface area contributed by atoms with Gasteiger partial charge >= 0.3 is 0 Å². The second-order valence-electron chi connectivity index (χ2n) is 4.10. The van der Waals surface area contributed by atoms with Crippen molar-refractivity contribution in [2.45, 2.75) is 6.42 Å². The van der Waals surface area contributed by atoms with Gasteiger partial charge in [-0.25, -0.2) is 4.39 Å². The van der Waals surface area contributed by atoms with E-state index in [9.17, 15) is 9.18 Å². The van der Waals surface area contributed by atoms with E-state index in [-0.39, 0.29) is 23.0 Å². The van der Waals surface area contributed by atoms with Crippen LogP contribution in [0.2, 0.25) is 15.1 Å². The molecule has 0 aliphatic rings. The summed E-state index contributed by atoms with van der Waals surface area (Å²) < 4.78 is 13.5. The van der Waals surface area contributed by atoms with Crippen LogP contribution in [0.3, 0.4) is 0 Å². The van der Waals surface area contributed by atoms with Crippen LogP contribution in [0.15, 0.2) is 36.4 Å². The molecule has 0 fully saturated rings. The molecule has 104 valence electrons. The summed E-state index contributed by atoms with van der Waals surface area (Å²) in [6.45, 7) is 0. The van der Waals surface area contributed by atoms with E-state index in [1.54, 1.807) is 18.2 Å². The number of carbonyl (C=O) groups is 1. The highest BCUT2D eigenvalue weighted by molar-refractivity contribution is 6.42. The molecule has 2 aromatic rings. The van der Waals surface area contributed by atoms with Crippen molar-refractivity contribution in [3.63, 3.8) is 0 Å². The molecule has 0 aliphatic heterocycles. The van der Waals surface area contributed by atoms with Crippen LogP contribution in [0.4, 0.5) is 10.1 Å². The molecule has 2 nitrogen and oxygen atoms in total.